The molecule has 0 aliphatic rings. The lowest BCUT2D eigenvalue weighted by Crippen LogP contribution is -2.20. The normalized spacial score (nSPS) is 11.7. The first kappa shape index (κ1) is 22.2. The van der Waals surface area contributed by atoms with Crippen LogP contribution < -0.4 is 11.2 Å². The second kappa shape index (κ2) is 9.66. The molecule has 1 atom stereocenters. The van der Waals surface area contributed by atoms with Crippen molar-refractivity contribution in [2.75, 3.05) is 11.2 Å². The Balaban J connectivity index is 1.64. The highest BCUT2D eigenvalue weighted by molar-refractivity contribution is 8.00. The van der Waals surface area contributed by atoms with E-state index in [1.807, 2.05) is 30.3 Å². The molecule has 4 rings (SSSR count). The van der Waals surface area contributed by atoms with Crippen molar-refractivity contribution in [2.45, 2.75) is 17.3 Å². The number of hydrogen-bond acceptors (Lipinski definition) is 6. The summed E-state index contributed by atoms with van der Waals surface area (Å²) in [6.07, 6.45) is 0. The van der Waals surface area contributed by atoms with Gasteiger partial charge in [0.15, 0.2) is 11.6 Å². The van der Waals surface area contributed by atoms with Crippen LogP contribution in [0.1, 0.15) is 28.1 Å². The van der Waals surface area contributed by atoms with Crippen molar-refractivity contribution in [1.29, 1.82) is 0 Å². The topological polar surface area (TPSA) is 103 Å². The summed E-state index contributed by atoms with van der Waals surface area (Å²) in [4.78, 5) is 25.0. The molecule has 0 aliphatic heterocycles. The Morgan fingerprint density at radius 3 is 2.45 bits per heavy atom. The molecule has 33 heavy (non-hydrogen) atoms. The number of Topliss-reactive ketones (excluding diaryl/α,β-unsaturated/α-hetero) is 1. The zero-order chi connectivity index (χ0) is 23.4. The third kappa shape index (κ3) is 4.93. The molecular weight excluding hydrogens is 441 g/mol. The quantitative estimate of drug-likeness (QED) is 0.239. The van der Waals surface area contributed by atoms with Crippen LogP contribution in [0, 0.1) is 5.82 Å². The standard InChI is InChI=1S/C24H20FN5O2S/c1-15(31)17-10-7-11-18(14-17)27-23(32)21(16-8-3-2-4-9-16)33-24-29-28-22(30(24)26)19-12-5-6-13-20(19)25/h2-14,21H,26H2,1H3,(H,27,32)/t21-/m1/s1. The van der Waals surface area contributed by atoms with Gasteiger partial charge in [-0.3, -0.25) is 9.59 Å². The predicted molar refractivity (Wildman–Crippen MR) is 126 cm³/mol. The molecule has 4 aromatic rings. The van der Waals surface area contributed by atoms with Crippen LogP contribution in [-0.4, -0.2) is 26.6 Å². The number of thioether (sulfide) groups is 1. The number of carbonyl (C=O) groups is 2. The number of nitrogens with two attached hydrogens (primary N) is 1. The van der Waals surface area contributed by atoms with Gasteiger partial charge in [0.1, 0.15) is 11.1 Å². The fourth-order valence-electron chi connectivity index (χ4n) is 3.21. The minimum absolute atomic E-state index is 0.100. The van der Waals surface area contributed by atoms with E-state index in [1.165, 1.54) is 17.7 Å². The lowest BCUT2D eigenvalue weighted by atomic mass is 10.1. The maximum atomic E-state index is 14.2. The van der Waals surface area contributed by atoms with Gasteiger partial charge in [0.05, 0.1) is 5.56 Å². The molecule has 0 aliphatic carbocycles. The first-order valence-electron chi connectivity index (χ1n) is 10.0. The molecule has 166 valence electrons. The third-order valence-electron chi connectivity index (χ3n) is 4.88. The SMILES string of the molecule is CC(=O)c1cccc(NC(=O)[C@H](Sc2nnc(-c3ccccc3F)n2N)c2ccccc2)c1. The first-order chi connectivity index (χ1) is 15.9. The van der Waals surface area contributed by atoms with E-state index in [4.69, 9.17) is 5.84 Å². The molecule has 0 spiro atoms. The number of hydrogen-bond donors (Lipinski definition) is 2. The van der Waals surface area contributed by atoms with Crippen LogP contribution in [0.2, 0.25) is 0 Å². The number of ketones is 1. The van der Waals surface area contributed by atoms with Gasteiger partial charge >= 0.3 is 0 Å². The number of aromatic nitrogens is 3. The molecule has 0 bridgehead atoms. The van der Waals surface area contributed by atoms with Crippen molar-refractivity contribution in [1.82, 2.24) is 14.9 Å². The van der Waals surface area contributed by atoms with Gasteiger partial charge in [-0.2, -0.15) is 0 Å². The Morgan fingerprint density at radius 1 is 1.00 bits per heavy atom. The molecular formula is C24H20FN5O2S. The Morgan fingerprint density at radius 2 is 1.73 bits per heavy atom. The number of benzene rings is 3. The van der Waals surface area contributed by atoms with Crippen molar-refractivity contribution in [3.8, 4) is 11.4 Å². The summed E-state index contributed by atoms with van der Waals surface area (Å²) in [6.45, 7) is 1.46. The Bertz CT molecular complexity index is 1310. The van der Waals surface area contributed by atoms with Crippen LogP contribution in [0.4, 0.5) is 10.1 Å². The van der Waals surface area contributed by atoms with Crippen LogP contribution in [0.15, 0.2) is 84.0 Å². The molecule has 0 saturated carbocycles. The summed E-state index contributed by atoms with van der Waals surface area (Å²) in [5, 5.41) is 10.5. The summed E-state index contributed by atoms with van der Waals surface area (Å²) in [5.41, 5.74) is 1.92. The van der Waals surface area contributed by atoms with E-state index in [0.717, 1.165) is 17.3 Å². The van der Waals surface area contributed by atoms with E-state index in [1.54, 1.807) is 42.5 Å². The molecule has 1 aromatic heterocycles. The molecule has 9 heteroatoms. The summed E-state index contributed by atoms with van der Waals surface area (Å²) in [5.74, 6) is 5.41. The molecule has 1 heterocycles. The molecule has 0 saturated heterocycles. The van der Waals surface area contributed by atoms with Gasteiger partial charge in [0, 0.05) is 11.3 Å². The van der Waals surface area contributed by atoms with Gasteiger partial charge in [-0.05, 0) is 36.8 Å². The number of nitrogens with one attached hydrogen (secondary N) is 1. The van der Waals surface area contributed by atoms with Crippen LogP contribution in [0.5, 0.6) is 0 Å². The lowest BCUT2D eigenvalue weighted by molar-refractivity contribution is -0.115. The maximum absolute atomic E-state index is 14.2. The van der Waals surface area contributed by atoms with Crippen molar-refractivity contribution in [3.63, 3.8) is 0 Å². The fourth-order valence-corrected chi connectivity index (χ4v) is 4.17. The zero-order valence-corrected chi connectivity index (χ0v) is 18.4. The summed E-state index contributed by atoms with van der Waals surface area (Å²) >= 11 is 1.09. The van der Waals surface area contributed by atoms with E-state index in [0.29, 0.717) is 11.3 Å². The zero-order valence-electron chi connectivity index (χ0n) is 17.6. The van der Waals surface area contributed by atoms with Crippen LogP contribution in [0.25, 0.3) is 11.4 Å². The van der Waals surface area contributed by atoms with Gasteiger partial charge in [0.25, 0.3) is 0 Å². The summed E-state index contributed by atoms with van der Waals surface area (Å²) < 4.78 is 15.4. The van der Waals surface area contributed by atoms with E-state index in [-0.39, 0.29) is 28.2 Å². The van der Waals surface area contributed by atoms with Crippen molar-refractivity contribution in [3.05, 3.63) is 95.8 Å². The fraction of sp³-hybridized carbons (Fsp3) is 0.0833. The molecule has 0 unspecified atom stereocenters. The molecule has 3 N–H and O–H groups in total. The minimum atomic E-state index is -0.729. The highest BCUT2D eigenvalue weighted by atomic mass is 32.2. The summed E-state index contributed by atoms with van der Waals surface area (Å²) in [7, 11) is 0. The number of carbonyl (C=O) groups excluding carboxylic acids is 2. The molecule has 3 aromatic carbocycles. The number of anilines is 1. The molecule has 0 radical (unpaired) electrons. The second-order valence-electron chi connectivity index (χ2n) is 7.19. The predicted octanol–water partition coefficient (Wildman–Crippen LogP) is 4.47. The van der Waals surface area contributed by atoms with Crippen molar-refractivity contribution in [2.24, 2.45) is 0 Å². The van der Waals surface area contributed by atoms with Crippen LogP contribution >= 0.6 is 11.8 Å². The number of nitrogens with zero attached hydrogens (tertiary/aromatic N) is 3. The number of amides is 1. The van der Waals surface area contributed by atoms with Crippen LogP contribution in [0.3, 0.4) is 0 Å². The first-order valence-corrected chi connectivity index (χ1v) is 10.9. The Hall–Kier alpha value is -3.98. The largest absolute Gasteiger partial charge is 0.335 e. The van der Waals surface area contributed by atoms with Crippen molar-refractivity contribution >= 4 is 29.1 Å². The van der Waals surface area contributed by atoms with E-state index < -0.39 is 11.1 Å². The average molecular weight is 462 g/mol. The van der Waals surface area contributed by atoms with Gasteiger partial charge in [-0.25, -0.2) is 9.07 Å². The lowest BCUT2D eigenvalue weighted by Gasteiger charge is -2.17. The second-order valence-corrected chi connectivity index (χ2v) is 8.26. The maximum Gasteiger partial charge on any atom is 0.242 e. The Kier molecular flexibility index (Phi) is 6.50. The molecule has 1 amide bonds. The number of nitrogen functional groups attached to an aromatic ring is 1. The molecule has 0 fully saturated rings. The monoisotopic (exact) mass is 461 g/mol. The summed E-state index contributed by atoms with van der Waals surface area (Å²) in [6, 6.07) is 22.0. The highest BCUT2D eigenvalue weighted by Gasteiger charge is 2.26. The van der Waals surface area contributed by atoms with Gasteiger partial charge in [-0.15, -0.1) is 10.2 Å². The average Bonchev–Trinajstić information content (AvgIpc) is 3.18. The highest BCUT2D eigenvalue weighted by Crippen LogP contribution is 2.36. The van der Waals surface area contributed by atoms with E-state index in [9.17, 15) is 14.0 Å². The van der Waals surface area contributed by atoms with Gasteiger partial charge in [-0.1, -0.05) is 66.4 Å². The van der Waals surface area contributed by atoms with Gasteiger partial charge in [0.2, 0.25) is 11.1 Å². The smallest absolute Gasteiger partial charge is 0.242 e. The van der Waals surface area contributed by atoms with Crippen LogP contribution in [-0.2, 0) is 4.79 Å². The number of rotatable bonds is 7. The molecule has 7 nitrogen and oxygen atoms in total. The Labute approximate surface area is 193 Å². The van der Waals surface area contributed by atoms with E-state index >= 15 is 0 Å². The van der Waals surface area contributed by atoms with Gasteiger partial charge < -0.3 is 11.2 Å². The number of halogens is 1. The van der Waals surface area contributed by atoms with Crippen molar-refractivity contribution < 1.29 is 14.0 Å². The minimum Gasteiger partial charge on any atom is -0.335 e. The third-order valence-corrected chi connectivity index (χ3v) is 6.09. The van der Waals surface area contributed by atoms with E-state index in [2.05, 4.69) is 15.5 Å².